The number of carbonyl (C=O) groups excluding carboxylic acids is 1. The number of benzene rings is 2. The summed E-state index contributed by atoms with van der Waals surface area (Å²) >= 11 is 0. The molecule has 4 N–H and O–H groups in total. The number of aryl methyl sites for hydroxylation is 1. The highest BCUT2D eigenvalue weighted by Crippen LogP contribution is 2.42. The zero-order chi connectivity index (χ0) is 24.2. The second-order valence-electron chi connectivity index (χ2n) is 8.09. The number of aromatic nitrogens is 2. The molecule has 0 fully saturated rings. The Morgan fingerprint density at radius 2 is 1.97 bits per heavy atom. The first-order chi connectivity index (χ1) is 16.1. The zero-order valence-electron chi connectivity index (χ0n) is 17.9. The lowest BCUT2D eigenvalue weighted by Gasteiger charge is -2.32. The van der Waals surface area contributed by atoms with Crippen LogP contribution >= 0.6 is 0 Å². The maximum atomic E-state index is 14.0. The molecule has 1 unspecified atom stereocenters. The van der Waals surface area contributed by atoms with Crippen LogP contribution in [0.2, 0.25) is 0 Å². The van der Waals surface area contributed by atoms with Gasteiger partial charge in [0, 0.05) is 30.4 Å². The van der Waals surface area contributed by atoms with E-state index in [4.69, 9.17) is 5.73 Å². The molecule has 1 atom stereocenters. The van der Waals surface area contributed by atoms with Crippen LogP contribution in [0, 0.1) is 12.7 Å². The molecular weight excluding hydrogens is 455 g/mol. The van der Waals surface area contributed by atoms with E-state index in [0.29, 0.717) is 35.6 Å². The van der Waals surface area contributed by atoms with Gasteiger partial charge in [-0.05, 0) is 42.8 Å². The predicted octanol–water partition coefficient (Wildman–Crippen LogP) is 2.62. The maximum Gasteiger partial charge on any atom is 0.586 e. The molecule has 0 aliphatic carbocycles. The molecule has 178 valence electrons. The minimum Gasteiger partial charge on any atom is -0.395 e. The second-order valence-corrected chi connectivity index (χ2v) is 8.09. The molecule has 12 heteroatoms. The van der Waals surface area contributed by atoms with E-state index in [-0.39, 0.29) is 29.3 Å². The van der Waals surface area contributed by atoms with E-state index < -0.39 is 24.4 Å². The number of amides is 1. The molecule has 0 bridgehead atoms. The third-order valence-electron chi connectivity index (χ3n) is 5.61. The van der Waals surface area contributed by atoms with Crippen molar-refractivity contribution in [1.82, 2.24) is 14.7 Å². The Balaban J connectivity index is 1.39. The van der Waals surface area contributed by atoms with Crippen molar-refractivity contribution in [3.8, 4) is 22.8 Å². The van der Waals surface area contributed by atoms with Crippen molar-refractivity contribution in [1.29, 1.82) is 0 Å². The smallest absolute Gasteiger partial charge is 0.395 e. The molecule has 3 heterocycles. The summed E-state index contributed by atoms with van der Waals surface area (Å²) in [5, 5.41) is 18.0. The van der Waals surface area contributed by atoms with Crippen LogP contribution in [0.4, 0.5) is 18.9 Å². The number of hydrogen-bond donors (Lipinski definition) is 3. The Morgan fingerprint density at radius 3 is 2.71 bits per heavy atom. The van der Waals surface area contributed by atoms with Gasteiger partial charge in [-0.3, -0.25) is 14.4 Å². The summed E-state index contributed by atoms with van der Waals surface area (Å²) in [6.07, 6.45) is -4.97. The molecule has 9 nitrogen and oxygen atoms in total. The molecule has 34 heavy (non-hydrogen) atoms. The van der Waals surface area contributed by atoms with Crippen molar-refractivity contribution in [2.45, 2.75) is 32.7 Å². The van der Waals surface area contributed by atoms with E-state index in [1.807, 2.05) is 0 Å². The summed E-state index contributed by atoms with van der Waals surface area (Å²) in [6, 6.07) is 8.40. The van der Waals surface area contributed by atoms with Gasteiger partial charge in [-0.2, -0.15) is 5.10 Å². The first-order valence-electron chi connectivity index (χ1n) is 10.4. The Kier molecular flexibility index (Phi) is 5.14. The third-order valence-corrected chi connectivity index (χ3v) is 5.61. The monoisotopic (exact) mass is 475 g/mol. The minimum absolute atomic E-state index is 0.108. The number of rotatable bonds is 5. The number of carbonyl (C=O) groups is 1. The summed E-state index contributed by atoms with van der Waals surface area (Å²) in [5.41, 5.74) is 7.94. The number of halogens is 3. The largest absolute Gasteiger partial charge is 0.586 e. The molecule has 2 aliphatic heterocycles. The lowest BCUT2D eigenvalue weighted by Crippen LogP contribution is -2.45. The van der Waals surface area contributed by atoms with Gasteiger partial charge in [0.15, 0.2) is 17.9 Å². The van der Waals surface area contributed by atoms with Gasteiger partial charge in [-0.15, -0.1) is 8.78 Å². The quantitative estimate of drug-likeness (QED) is 0.486. The van der Waals surface area contributed by atoms with Crippen LogP contribution in [0.5, 0.6) is 11.5 Å². The Morgan fingerprint density at radius 1 is 1.21 bits per heavy atom. The molecule has 2 aromatic carbocycles. The molecule has 2 aliphatic rings. The fourth-order valence-electron chi connectivity index (χ4n) is 4.16. The van der Waals surface area contributed by atoms with Crippen LogP contribution in [-0.2, 0) is 13.1 Å². The fraction of sp³-hybridized carbons (Fsp3) is 0.273. The lowest BCUT2D eigenvalue weighted by molar-refractivity contribution is -0.286. The molecule has 0 saturated heterocycles. The average Bonchev–Trinajstić information content (AvgIpc) is 3.28. The normalized spacial score (nSPS) is 17.3. The van der Waals surface area contributed by atoms with E-state index in [0.717, 1.165) is 0 Å². The van der Waals surface area contributed by atoms with Gasteiger partial charge in [0.1, 0.15) is 11.5 Å². The van der Waals surface area contributed by atoms with Gasteiger partial charge in [-0.25, -0.2) is 4.39 Å². The van der Waals surface area contributed by atoms with Crippen LogP contribution < -0.4 is 20.5 Å². The van der Waals surface area contributed by atoms with Crippen molar-refractivity contribution in [2.75, 3.05) is 11.9 Å². The van der Waals surface area contributed by atoms with Gasteiger partial charge >= 0.3 is 6.29 Å². The lowest BCUT2D eigenvalue weighted by atomic mass is 10.0. The zero-order valence-corrected chi connectivity index (χ0v) is 17.9. The van der Waals surface area contributed by atoms with E-state index in [9.17, 15) is 23.1 Å². The SMILES string of the molecule is Cc1cc(F)cc(-c2nn3c(c2C(N)=O)CN(C(O)Nc2ccc4c(c2)OC(F)(F)O4)CC3)c1. The van der Waals surface area contributed by atoms with E-state index in [2.05, 4.69) is 19.9 Å². The van der Waals surface area contributed by atoms with Gasteiger partial charge in [-0.1, -0.05) is 0 Å². The number of primary amides is 1. The standard InChI is InChI=1S/C22H20F3N5O4/c1-11-6-12(8-13(23)7-11)19-18(20(26)31)15-10-29(4-5-30(15)28-19)21(32)27-14-2-3-16-17(9-14)34-22(24,25)33-16/h2-3,6-9,21,27,32H,4-5,10H2,1H3,(H2,26,31). The number of aliphatic hydroxyl groups is 1. The third kappa shape index (κ3) is 4.01. The van der Waals surface area contributed by atoms with Crippen LogP contribution in [0.1, 0.15) is 21.6 Å². The number of aliphatic hydroxyl groups excluding tert-OH is 1. The molecule has 0 saturated carbocycles. The van der Waals surface area contributed by atoms with E-state index in [1.54, 1.807) is 22.6 Å². The molecule has 5 rings (SSSR count). The highest BCUT2D eigenvalue weighted by atomic mass is 19.3. The predicted molar refractivity (Wildman–Crippen MR) is 114 cm³/mol. The fourth-order valence-corrected chi connectivity index (χ4v) is 4.16. The summed E-state index contributed by atoms with van der Waals surface area (Å²) in [4.78, 5) is 13.9. The number of hydrogen-bond acceptors (Lipinski definition) is 7. The van der Waals surface area contributed by atoms with Gasteiger partial charge in [0.25, 0.3) is 5.91 Å². The molecule has 0 radical (unpaired) electrons. The molecule has 3 aromatic rings. The summed E-state index contributed by atoms with van der Waals surface area (Å²) in [5.74, 6) is -1.46. The summed E-state index contributed by atoms with van der Waals surface area (Å²) in [6.45, 7) is 2.52. The Labute approximate surface area is 191 Å². The van der Waals surface area contributed by atoms with Crippen LogP contribution in [-0.4, -0.2) is 44.9 Å². The second kappa shape index (κ2) is 7.92. The number of ether oxygens (including phenoxy) is 2. The molecule has 1 aromatic heterocycles. The van der Waals surface area contributed by atoms with E-state index >= 15 is 0 Å². The van der Waals surface area contributed by atoms with Gasteiger partial charge < -0.3 is 25.6 Å². The molecule has 0 spiro atoms. The number of nitrogens with one attached hydrogen (secondary N) is 1. The molecule has 1 amide bonds. The Hall–Kier alpha value is -3.77. The van der Waals surface area contributed by atoms with Crippen molar-refractivity contribution in [2.24, 2.45) is 5.73 Å². The highest BCUT2D eigenvalue weighted by Gasteiger charge is 2.43. The van der Waals surface area contributed by atoms with Crippen LogP contribution in [0.25, 0.3) is 11.3 Å². The van der Waals surface area contributed by atoms with Gasteiger partial charge in [0.05, 0.1) is 17.8 Å². The van der Waals surface area contributed by atoms with Crippen LogP contribution in [0.3, 0.4) is 0 Å². The van der Waals surface area contributed by atoms with Crippen molar-refractivity contribution in [3.05, 3.63) is 59.0 Å². The first kappa shape index (κ1) is 22.0. The highest BCUT2D eigenvalue weighted by molar-refractivity contribution is 6.00. The maximum absolute atomic E-state index is 14.0. The first-order valence-corrected chi connectivity index (χ1v) is 10.4. The average molecular weight is 475 g/mol. The Bertz CT molecular complexity index is 1280. The topological polar surface area (TPSA) is 115 Å². The van der Waals surface area contributed by atoms with Gasteiger partial charge in [0.2, 0.25) is 0 Å². The number of alkyl halides is 2. The van der Waals surface area contributed by atoms with Crippen molar-refractivity contribution < 1.29 is 32.5 Å². The number of fused-ring (bicyclic) bond motifs is 2. The minimum atomic E-state index is -3.74. The summed E-state index contributed by atoms with van der Waals surface area (Å²) < 4.78 is 50.9. The van der Waals surface area contributed by atoms with Crippen LogP contribution in [0.15, 0.2) is 36.4 Å². The number of nitrogens with two attached hydrogens (primary N) is 1. The van der Waals surface area contributed by atoms with Crippen molar-refractivity contribution >= 4 is 11.6 Å². The van der Waals surface area contributed by atoms with E-state index in [1.165, 1.54) is 30.3 Å². The number of nitrogens with zero attached hydrogens (tertiary/aromatic N) is 3. The number of anilines is 1. The molecular formula is C22H20F3N5O4. The summed E-state index contributed by atoms with van der Waals surface area (Å²) in [7, 11) is 0. The van der Waals surface area contributed by atoms with Crippen molar-refractivity contribution in [3.63, 3.8) is 0 Å².